The Hall–Kier alpha value is -5.84. The Balaban J connectivity index is 1.23. The maximum atomic E-state index is 13.6. The van der Waals surface area contributed by atoms with Gasteiger partial charge < -0.3 is 20.3 Å². The molecule has 10 nitrogen and oxygen atoms in total. The van der Waals surface area contributed by atoms with Crippen molar-refractivity contribution < 1.29 is 23.5 Å². The molecule has 2 N–H and O–H groups in total. The van der Waals surface area contributed by atoms with Crippen LogP contribution in [-0.4, -0.2) is 52.9 Å². The molecule has 45 heavy (non-hydrogen) atoms. The number of ether oxygens (including phenoxy) is 1. The molecule has 1 heterocycles. The predicted octanol–water partition coefficient (Wildman–Crippen LogP) is 4.74. The summed E-state index contributed by atoms with van der Waals surface area (Å²) >= 11 is 0. The lowest BCUT2D eigenvalue weighted by atomic mass is 10.0. The molecule has 0 aliphatic rings. The molecule has 0 unspecified atom stereocenters. The molecule has 0 aliphatic carbocycles. The Morgan fingerprint density at radius 3 is 2.27 bits per heavy atom. The Labute approximate surface area is 259 Å². The van der Waals surface area contributed by atoms with Gasteiger partial charge in [0.05, 0.1) is 13.3 Å². The lowest BCUT2D eigenvalue weighted by Gasteiger charge is -2.25. The van der Waals surface area contributed by atoms with Gasteiger partial charge in [-0.25, -0.2) is 9.07 Å². The SMILES string of the molecule is COc1ccc(N(C)C(=O)[C@H](Cc2ccccc2)NC(=O)Cn2cc(-c3ccc(NC(=O)c4ccc(F)cc4)cc3)nn2)cc1. The van der Waals surface area contributed by atoms with Gasteiger partial charge in [-0.1, -0.05) is 47.7 Å². The first-order chi connectivity index (χ1) is 21.8. The number of likely N-dealkylation sites (N-methyl/N-ethyl adjacent to an activating group) is 1. The zero-order valence-corrected chi connectivity index (χ0v) is 24.7. The first kappa shape index (κ1) is 30.6. The molecule has 3 amide bonds. The fourth-order valence-electron chi connectivity index (χ4n) is 4.64. The highest BCUT2D eigenvalue weighted by Crippen LogP contribution is 2.21. The van der Waals surface area contributed by atoms with E-state index >= 15 is 0 Å². The second kappa shape index (κ2) is 14.1. The molecule has 4 aromatic carbocycles. The van der Waals surface area contributed by atoms with Crippen molar-refractivity contribution >= 4 is 29.1 Å². The lowest BCUT2D eigenvalue weighted by Crippen LogP contribution is -2.49. The molecule has 5 rings (SSSR count). The van der Waals surface area contributed by atoms with Crippen LogP contribution in [0.3, 0.4) is 0 Å². The summed E-state index contributed by atoms with van der Waals surface area (Å²) < 4.78 is 19.8. The third-order valence-corrected chi connectivity index (χ3v) is 7.10. The van der Waals surface area contributed by atoms with Crippen LogP contribution in [-0.2, 0) is 22.6 Å². The van der Waals surface area contributed by atoms with Crippen molar-refractivity contribution in [2.24, 2.45) is 0 Å². The van der Waals surface area contributed by atoms with Gasteiger partial charge in [-0.3, -0.25) is 14.4 Å². The van der Waals surface area contributed by atoms with Gasteiger partial charge in [0.15, 0.2) is 0 Å². The van der Waals surface area contributed by atoms with Crippen LogP contribution in [0.2, 0.25) is 0 Å². The summed E-state index contributed by atoms with van der Waals surface area (Å²) in [6.45, 7) is -0.149. The number of carbonyl (C=O) groups is 3. The number of hydrogen-bond donors (Lipinski definition) is 2. The summed E-state index contributed by atoms with van der Waals surface area (Å²) in [5, 5.41) is 13.9. The number of amides is 3. The second-order valence-electron chi connectivity index (χ2n) is 10.2. The third kappa shape index (κ3) is 7.96. The molecule has 1 aromatic heterocycles. The molecular weight excluding hydrogens is 575 g/mol. The standard InChI is InChI=1S/C34H31FN6O4/c1-40(28-16-18-29(45-2)19-17-28)34(44)30(20-23-6-4-3-5-7-23)37-32(42)22-41-21-31(38-39-41)24-10-14-27(15-11-24)36-33(43)25-8-12-26(35)13-9-25/h3-19,21,30H,20,22H2,1-2H3,(H,36,43)(H,37,42)/t30-/m0/s1. The average Bonchev–Trinajstić information content (AvgIpc) is 3.53. The number of carbonyl (C=O) groups excluding carboxylic acids is 3. The fourth-order valence-corrected chi connectivity index (χ4v) is 4.64. The van der Waals surface area contributed by atoms with Crippen molar-refractivity contribution in [1.82, 2.24) is 20.3 Å². The molecule has 0 spiro atoms. The zero-order valence-electron chi connectivity index (χ0n) is 24.7. The minimum Gasteiger partial charge on any atom is -0.497 e. The average molecular weight is 607 g/mol. The molecular formula is C34H31FN6O4. The Morgan fingerprint density at radius 1 is 0.911 bits per heavy atom. The highest BCUT2D eigenvalue weighted by Gasteiger charge is 2.26. The molecule has 0 saturated heterocycles. The third-order valence-electron chi connectivity index (χ3n) is 7.10. The van der Waals surface area contributed by atoms with Crippen LogP contribution in [0.5, 0.6) is 5.75 Å². The van der Waals surface area contributed by atoms with E-state index in [-0.39, 0.29) is 18.4 Å². The number of rotatable bonds is 11. The Morgan fingerprint density at radius 2 is 1.60 bits per heavy atom. The smallest absolute Gasteiger partial charge is 0.255 e. The number of nitrogens with zero attached hydrogens (tertiary/aromatic N) is 4. The van der Waals surface area contributed by atoms with Gasteiger partial charge in [-0.2, -0.15) is 0 Å². The summed E-state index contributed by atoms with van der Waals surface area (Å²) in [5.41, 5.74) is 3.69. The van der Waals surface area contributed by atoms with E-state index in [4.69, 9.17) is 4.74 Å². The van der Waals surface area contributed by atoms with Gasteiger partial charge in [0, 0.05) is 36.0 Å². The van der Waals surface area contributed by atoms with E-state index in [9.17, 15) is 18.8 Å². The number of hydrogen-bond acceptors (Lipinski definition) is 6. The molecule has 228 valence electrons. The zero-order chi connectivity index (χ0) is 31.8. The van der Waals surface area contributed by atoms with E-state index in [1.807, 2.05) is 30.3 Å². The maximum Gasteiger partial charge on any atom is 0.255 e. The normalized spacial score (nSPS) is 11.4. The number of halogens is 1. The van der Waals surface area contributed by atoms with Crippen LogP contribution in [0, 0.1) is 5.82 Å². The monoisotopic (exact) mass is 606 g/mol. The minimum atomic E-state index is -0.826. The summed E-state index contributed by atoms with van der Waals surface area (Å²) in [5.74, 6) is -0.783. The van der Waals surface area contributed by atoms with E-state index in [1.165, 1.54) is 33.8 Å². The van der Waals surface area contributed by atoms with Crippen molar-refractivity contribution in [1.29, 1.82) is 0 Å². The van der Waals surface area contributed by atoms with Crippen LogP contribution in [0.4, 0.5) is 15.8 Å². The fraction of sp³-hybridized carbons (Fsp3) is 0.147. The van der Waals surface area contributed by atoms with E-state index < -0.39 is 17.8 Å². The van der Waals surface area contributed by atoms with Gasteiger partial charge in [-0.15, -0.1) is 5.10 Å². The number of methoxy groups -OCH3 is 1. The Kier molecular flexibility index (Phi) is 9.58. The maximum absolute atomic E-state index is 13.6. The van der Waals surface area contributed by atoms with Crippen molar-refractivity contribution in [3.05, 3.63) is 126 Å². The predicted molar refractivity (Wildman–Crippen MR) is 168 cm³/mol. The molecule has 0 aliphatic heterocycles. The number of aromatic nitrogens is 3. The first-order valence-corrected chi connectivity index (χ1v) is 14.1. The number of anilines is 2. The summed E-state index contributed by atoms with van der Waals surface area (Å²) in [6, 6.07) is 28.0. The van der Waals surface area contributed by atoms with Crippen LogP contribution in [0.1, 0.15) is 15.9 Å². The highest BCUT2D eigenvalue weighted by atomic mass is 19.1. The van der Waals surface area contributed by atoms with Crippen LogP contribution >= 0.6 is 0 Å². The molecule has 11 heteroatoms. The molecule has 0 saturated carbocycles. The van der Waals surface area contributed by atoms with E-state index in [2.05, 4.69) is 20.9 Å². The molecule has 5 aromatic rings. The topological polar surface area (TPSA) is 118 Å². The van der Waals surface area contributed by atoms with Gasteiger partial charge in [-0.05, 0) is 66.2 Å². The van der Waals surface area contributed by atoms with Gasteiger partial charge in [0.2, 0.25) is 11.8 Å². The highest BCUT2D eigenvalue weighted by molar-refractivity contribution is 6.04. The molecule has 0 bridgehead atoms. The molecule has 1 atom stereocenters. The van der Waals surface area contributed by atoms with Gasteiger partial charge >= 0.3 is 0 Å². The van der Waals surface area contributed by atoms with Crippen LogP contribution in [0.15, 0.2) is 109 Å². The van der Waals surface area contributed by atoms with Crippen molar-refractivity contribution in [3.63, 3.8) is 0 Å². The largest absolute Gasteiger partial charge is 0.497 e. The quantitative estimate of drug-likeness (QED) is 0.224. The minimum absolute atomic E-state index is 0.149. The first-order valence-electron chi connectivity index (χ1n) is 14.1. The number of nitrogens with one attached hydrogen (secondary N) is 2. The van der Waals surface area contributed by atoms with Crippen molar-refractivity contribution in [2.75, 3.05) is 24.4 Å². The Bertz CT molecular complexity index is 1760. The summed E-state index contributed by atoms with van der Waals surface area (Å²) in [6.07, 6.45) is 1.93. The second-order valence-corrected chi connectivity index (χ2v) is 10.2. The van der Waals surface area contributed by atoms with Gasteiger partial charge in [0.25, 0.3) is 5.91 Å². The molecule has 0 fully saturated rings. The van der Waals surface area contributed by atoms with Crippen LogP contribution in [0.25, 0.3) is 11.3 Å². The van der Waals surface area contributed by atoms with Crippen molar-refractivity contribution in [2.45, 2.75) is 19.0 Å². The summed E-state index contributed by atoms with van der Waals surface area (Å²) in [7, 11) is 3.24. The number of benzene rings is 4. The molecule has 0 radical (unpaired) electrons. The van der Waals surface area contributed by atoms with Crippen molar-refractivity contribution in [3.8, 4) is 17.0 Å². The van der Waals surface area contributed by atoms with E-state index in [0.717, 1.165) is 11.1 Å². The lowest BCUT2D eigenvalue weighted by molar-refractivity contribution is -0.127. The van der Waals surface area contributed by atoms with Crippen LogP contribution < -0.4 is 20.3 Å². The van der Waals surface area contributed by atoms with Gasteiger partial charge in [0.1, 0.15) is 29.8 Å². The summed E-state index contributed by atoms with van der Waals surface area (Å²) in [4.78, 5) is 40.6. The van der Waals surface area contributed by atoms with E-state index in [1.54, 1.807) is 68.9 Å². The van der Waals surface area contributed by atoms with E-state index in [0.29, 0.717) is 34.8 Å².